The zero-order valence-electron chi connectivity index (χ0n) is 19.5. The summed E-state index contributed by atoms with van der Waals surface area (Å²) in [6, 6.07) is 20.6. The van der Waals surface area contributed by atoms with Crippen LogP contribution in [0.4, 0.5) is 17.1 Å². The topological polar surface area (TPSA) is 61.9 Å². The third-order valence-electron chi connectivity index (χ3n) is 5.56. The molecule has 1 N–H and O–H groups in total. The summed E-state index contributed by atoms with van der Waals surface area (Å²) in [7, 11) is 5.38. The number of nitrogens with one attached hydrogen (secondary N) is 1. The first-order valence-corrected chi connectivity index (χ1v) is 10.7. The maximum atomic E-state index is 13.7. The molecular formula is C27H27N3O3. The quantitative estimate of drug-likeness (QED) is 0.558. The lowest BCUT2D eigenvalue weighted by molar-refractivity contribution is -0.120. The van der Waals surface area contributed by atoms with Crippen LogP contribution in [0.5, 0.6) is 5.75 Å². The molecule has 0 atom stereocenters. The van der Waals surface area contributed by atoms with E-state index in [-0.39, 0.29) is 11.3 Å². The summed E-state index contributed by atoms with van der Waals surface area (Å²) >= 11 is 0. The SMILES string of the molecule is COc1ccccc1C1=C(Nc2cc(C)cc(C)c2)C(=O)N(c2cccc(N(C)C)c2)C1=O. The first-order valence-electron chi connectivity index (χ1n) is 10.7. The average Bonchev–Trinajstić information content (AvgIpc) is 3.02. The molecule has 1 heterocycles. The monoisotopic (exact) mass is 441 g/mol. The highest BCUT2D eigenvalue weighted by Crippen LogP contribution is 2.38. The molecule has 4 rings (SSSR count). The minimum atomic E-state index is -0.407. The Hall–Kier alpha value is -4.06. The first-order chi connectivity index (χ1) is 15.8. The minimum absolute atomic E-state index is 0.227. The number of aryl methyl sites for hydroxylation is 2. The Morgan fingerprint density at radius 1 is 0.848 bits per heavy atom. The fraction of sp³-hybridized carbons (Fsp3) is 0.185. The van der Waals surface area contributed by atoms with Gasteiger partial charge >= 0.3 is 0 Å². The number of ether oxygens (including phenoxy) is 1. The zero-order chi connectivity index (χ0) is 23.7. The maximum absolute atomic E-state index is 13.7. The van der Waals surface area contributed by atoms with Crippen molar-refractivity contribution >= 4 is 34.4 Å². The lowest BCUT2D eigenvalue weighted by Crippen LogP contribution is -2.32. The summed E-state index contributed by atoms with van der Waals surface area (Å²) in [6.45, 7) is 3.99. The molecule has 1 aliphatic rings. The van der Waals surface area contributed by atoms with Crippen LogP contribution in [0.2, 0.25) is 0 Å². The summed E-state index contributed by atoms with van der Waals surface area (Å²) < 4.78 is 5.52. The number of methoxy groups -OCH3 is 1. The van der Waals surface area contributed by atoms with Gasteiger partial charge in [-0.3, -0.25) is 9.59 Å². The molecule has 2 amide bonds. The third kappa shape index (κ3) is 4.20. The van der Waals surface area contributed by atoms with E-state index in [0.717, 1.165) is 22.5 Å². The Bertz CT molecular complexity index is 1260. The van der Waals surface area contributed by atoms with Crippen molar-refractivity contribution in [3.05, 3.63) is 89.1 Å². The Labute approximate surface area is 194 Å². The van der Waals surface area contributed by atoms with E-state index in [4.69, 9.17) is 4.74 Å². The first kappa shape index (κ1) is 22.1. The Morgan fingerprint density at radius 3 is 2.21 bits per heavy atom. The molecule has 168 valence electrons. The number of carbonyl (C=O) groups excluding carboxylic acids is 2. The number of benzene rings is 3. The lowest BCUT2D eigenvalue weighted by Gasteiger charge is -2.19. The largest absolute Gasteiger partial charge is 0.496 e. The van der Waals surface area contributed by atoms with E-state index in [1.165, 1.54) is 4.90 Å². The zero-order valence-corrected chi connectivity index (χ0v) is 19.5. The van der Waals surface area contributed by atoms with Crippen molar-refractivity contribution in [1.82, 2.24) is 0 Å². The molecule has 33 heavy (non-hydrogen) atoms. The van der Waals surface area contributed by atoms with Crippen LogP contribution in [-0.4, -0.2) is 33.0 Å². The predicted octanol–water partition coefficient (Wildman–Crippen LogP) is 4.77. The molecule has 0 bridgehead atoms. The number of nitrogens with zero attached hydrogens (tertiary/aromatic N) is 2. The van der Waals surface area contributed by atoms with Crippen LogP contribution in [0.3, 0.4) is 0 Å². The van der Waals surface area contributed by atoms with E-state index in [0.29, 0.717) is 17.0 Å². The van der Waals surface area contributed by atoms with Gasteiger partial charge in [0.05, 0.1) is 18.4 Å². The Kier molecular flexibility index (Phi) is 5.92. The van der Waals surface area contributed by atoms with Crippen molar-refractivity contribution in [2.75, 3.05) is 36.3 Å². The smallest absolute Gasteiger partial charge is 0.282 e. The van der Waals surface area contributed by atoms with Crippen LogP contribution < -0.4 is 19.9 Å². The van der Waals surface area contributed by atoms with Crippen molar-refractivity contribution in [3.8, 4) is 5.75 Å². The fourth-order valence-corrected chi connectivity index (χ4v) is 4.08. The number of carbonyl (C=O) groups is 2. The molecule has 0 aromatic heterocycles. The number of hydrogen-bond acceptors (Lipinski definition) is 5. The molecule has 1 aliphatic heterocycles. The molecule has 0 radical (unpaired) electrons. The molecule has 0 aliphatic carbocycles. The van der Waals surface area contributed by atoms with Crippen molar-refractivity contribution < 1.29 is 14.3 Å². The number of para-hydroxylation sites is 1. The minimum Gasteiger partial charge on any atom is -0.496 e. The molecule has 0 saturated carbocycles. The van der Waals surface area contributed by atoms with Gasteiger partial charge in [-0.15, -0.1) is 0 Å². The molecule has 6 nitrogen and oxygen atoms in total. The van der Waals surface area contributed by atoms with E-state index >= 15 is 0 Å². The highest BCUT2D eigenvalue weighted by Gasteiger charge is 2.41. The van der Waals surface area contributed by atoms with Gasteiger partial charge in [-0.05, 0) is 61.4 Å². The number of rotatable bonds is 6. The van der Waals surface area contributed by atoms with E-state index in [9.17, 15) is 9.59 Å². The highest BCUT2D eigenvalue weighted by molar-refractivity contribution is 6.46. The van der Waals surface area contributed by atoms with E-state index < -0.39 is 11.8 Å². The van der Waals surface area contributed by atoms with Crippen LogP contribution in [0.15, 0.2) is 72.4 Å². The number of hydrogen-bond donors (Lipinski definition) is 1. The second kappa shape index (κ2) is 8.82. The molecule has 0 saturated heterocycles. The van der Waals surface area contributed by atoms with E-state index in [1.807, 2.05) is 75.3 Å². The van der Waals surface area contributed by atoms with Gasteiger partial charge in [-0.25, -0.2) is 4.90 Å². The van der Waals surface area contributed by atoms with Crippen LogP contribution >= 0.6 is 0 Å². The van der Waals surface area contributed by atoms with Gasteiger partial charge < -0.3 is 15.0 Å². The lowest BCUT2D eigenvalue weighted by atomic mass is 10.0. The van der Waals surface area contributed by atoms with Crippen molar-refractivity contribution in [1.29, 1.82) is 0 Å². The molecule has 6 heteroatoms. The van der Waals surface area contributed by atoms with Gasteiger partial charge in [-0.2, -0.15) is 0 Å². The number of imide groups is 1. The molecule has 0 spiro atoms. The summed E-state index contributed by atoms with van der Waals surface area (Å²) in [4.78, 5) is 30.6. The van der Waals surface area contributed by atoms with Crippen LogP contribution in [0, 0.1) is 13.8 Å². The molecule has 3 aromatic rings. The van der Waals surface area contributed by atoms with Gasteiger partial charge in [0.25, 0.3) is 11.8 Å². The predicted molar refractivity (Wildman–Crippen MR) is 133 cm³/mol. The van der Waals surface area contributed by atoms with Gasteiger partial charge in [-0.1, -0.05) is 30.3 Å². The van der Waals surface area contributed by atoms with Crippen LogP contribution in [-0.2, 0) is 9.59 Å². The second-order valence-corrected chi connectivity index (χ2v) is 8.31. The highest BCUT2D eigenvalue weighted by atomic mass is 16.5. The van der Waals surface area contributed by atoms with Gasteiger partial charge in [0.2, 0.25) is 0 Å². The van der Waals surface area contributed by atoms with Gasteiger partial charge in [0.1, 0.15) is 11.4 Å². The number of amides is 2. The van der Waals surface area contributed by atoms with E-state index in [1.54, 1.807) is 25.3 Å². The van der Waals surface area contributed by atoms with Crippen LogP contribution in [0.25, 0.3) is 5.57 Å². The molecular weight excluding hydrogens is 414 g/mol. The Balaban J connectivity index is 1.87. The molecule has 3 aromatic carbocycles. The number of anilines is 3. The van der Waals surface area contributed by atoms with Crippen LogP contribution in [0.1, 0.15) is 16.7 Å². The van der Waals surface area contributed by atoms with Gasteiger partial charge in [0.15, 0.2) is 0 Å². The normalized spacial score (nSPS) is 13.5. The van der Waals surface area contributed by atoms with Crippen molar-refractivity contribution in [2.45, 2.75) is 13.8 Å². The fourth-order valence-electron chi connectivity index (χ4n) is 4.08. The second-order valence-electron chi connectivity index (χ2n) is 8.31. The molecule has 0 fully saturated rings. The summed E-state index contributed by atoms with van der Waals surface area (Å²) in [6.07, 6.45) is 0. The summed E-state index contributed by atoms with van der Waals surface area (Å²) in [5.41, 5.74) is 5.35. The van der Waals surface area contributed by atoms with Crippen molar-refractivity contribution in [3.63, 3.8) is 0 Å². The van der Waals surface area contributed by atoms with E-state index in [2.05, 4.69) is 11.4 Å². The van der Waals surface area contributed by atoms with Gasteiger partial charge in [0, 0.05) is 31.0 Å². The average molecular weight is 442 g/mol. The summed E-state index contributed by atoms with van der Waals surface area (Å²) in [5, 5.41) is 3.24. The Morgan fingerprint density at radius 2 is 1.55 bits per heavy atom. The van der Waals surface area contributed by atoms with Crippen molar-refractivity contribution in [2.24, 2.45) is 0 Å². The third-order valence-corrected chi connectivity index (χ3v) is 5.56. The maximum Gasteiger partial charge on any atom is 0.282 e. The summed E-state index contributed by atoms with van der Waals surface area (Å²) in [5.74, 6) is -0.277. The molecule has 0 unspecified atom stereocenters. The standard InChI is InChI=1S/C27H27N3O3/c1-17-13-18(2)15-19(14-17)28-25-24(22-11-6-7-12-23(22)33-5)26(31)30(27(25)32)21-10-8-9-20(16-21)29(3)4/h6-16,28H,1-5H3.